The number of nitrogens with zero attached hydrogens (tertiary/aromatic N) is 2. The fraction of sp³-hybridized carbons (Fsp3) is 0.353. The number of hydrogen-bond donors (Lipinski definition) is 3. The van der Waals surface area contributed by atoms with Crippen molar-refractivity contribution >= 4 is 28.5 Å². The van der Waals surface area contributed by atoms with Gasteiger partial charge >= 0.3 is 0 Å². The van der Waals surface area contributed by atoms with Gasteiger partial charge in [0, 0.05) is 38.5 Å². The number of anilines is 1. The van der Waals surface area contributed by atoms with E-state index in [0.717, 1.165) is 27.7 Å². The van der Waals surface area contributed by atoms with E-state index in [1.165, 1.54) is 6.92 Å². The van der Waals surface area contributed by atoms with E-state index in [9.17, 15) is 14.4 Å². The molecule has 0 saturated heterocycles. The minimum absolute atomic E-state index is 0.0554. The highest BCUT2D eigenvalue weighted by Gasteiger charge is 2.29. The maximum atomic E-state index is 13.5. The fourth-order valence-corrected chi connectivity index (χ4v) is 5.92. The number of imidazole rings is 1. The van der Waals surface area contributed by atoms with Crippen LogP contribution in [-0.4, -0.2) is 55.8 Å². The Hall–Kier alpha value is -5.06. The number of rotatable bonds is 12. The summed E-state index contributed by atoms with van der Waals surface area (Å²) in [4.78, 5) is 42.5. The van der Waals surface area contributed by atoms with E-state index >= 15 is 0 Å². The number of carbonyl (C=O) groups is 2. The molecule has 2 amide bonds. The molecular weight excluding hydrogens is 574 g/mol. The van der Waals surface area contributed by atoms with Crippen molar-refractivity contribution in [3.05, 3.63) is 76.2 Å². The third-order valence-electron chi connectivity index (χ3n) is 8.01. The van der Waals surface area contributed by atoms with Gasteiger partial charge in [-0.05, 0) is 66.3 Å². The molecule has 0 saturated carbocycles. The number of ether oxygens (including phenoxy) is 3. The largest absolute Gasteiger partial charge is 0.493 e. The Labute approximate surface area is 261 Å². The van der Waals surface area contributed by atoms with Gasteiger partial charge in [-0.1, -0.05) is 18.2 Å². The number of para-hydroxylation sites is 2. The Balaban J connectivity index is 1.30. The predicted molar refractivity (Wildman–Crippen MR) is 173 cm³/mol. The summed E-state index contributed by atoms with van der Waals surface area (Å²) in [6.45, 7) is 3.02. The van der Waals surface area contributed by atoms with Crippen LogP contribution in [0.15, 0.2) is 59.7 Å². The molecule has 1 aliphatic rings. The van der Waals surface area contributed by atoms with Gasteiger partial charge in [-0.15, -0.1) is 0 Å². The molecule has 0 aliphatic heterocycles. The molecule has 236 valence electrons. The Bertz CT molecular complexity index is 1770. The van der Waals surface area contributed by atoms with Crippen LogP contribution in [0.1, 0.15) is 43.4 Å². The third-order valence-corrected chi connectivity index (χ3v) is 8.01. The molecule has 45 heavy (non-hydrogen) atoms. The summed E-state index contributed by atoms with van der Waals surface area (Å²) < 4.78 is 19.1. The lowest BCUT2D eigenvalue weighted by atomic mass is 9.95. The van der Waals surface area contributed by atoms with Gasteiger partial charge in [-0.25, -0.2) is 4.98 Å². The SMILES string of the molecule is COc1cc2c(c(OC)c1OC)-c1ccc(NCCCC(=O)NCCn3cnc4ccccc43)c(=O)cc1C(NC(C)=O)CC2. The topological polar surface area (TPSA) is 133 Å². The lowest BCUT2D eigenvalue weighted by Gasteiger charge is -2.19. The van der Waals surface area contributed by atoms with Gasteiger partial charge in [-0.3, -0.25) is 14.4 Å². The number of amides is 2. The number of methoxy groups -OCH3 is 3. The van der Waals surface area contributed by atoms with Crippen molar-refractivity contribution in [2.75, 3.05) is 39.7 Å². The highest BCUT2D eigenvalue weighted by molar-refractivity contribution is 5.84. The van der Waals surface area contributed by atoms with Crippen LogP contribution in [0.5, 0.6) is 17.2 Å². The van der Waals surface area contributed by atoms with Gasteiger partial charge in [-0.2, -0.15) is 0 Å². The Kier molecular flexibility index (Phi) is 9.86. The van der Waals surface area contributed by atoms with Crippen LogP contribution >= 0.6 is 0 Å². The summed E-state index contributed by atoms with van der Waals surface area (Å²) in [5.41, 5.74) is 5.34. The lowest BCUT2D eigenvalue weighted by Crippen LogP contribution is -2.27. The van der Waals surface area contributed by atoms with Crippen molar-refractivity contribution in [2.24, 2.45) is 0 Å². The molecule has 4 aromatic rings. The van der Waals surface area contributed by atoms with E-state index in [1.807, 2.05) is 41.0 Å². The molecule has 0 fully saturated rings. The number of fused-ring (bicyclic) bond motifs is 4. The van der Waals surface area contributed by atoms with Crippen LogP contribution in [0.2, 0.25) is 0 Å². The molecule has 0 radical (unpaired) electrons. The van der Waals surface area contributed by atoms with E-state index < -0.39 is 0 Å². The van der Waals surface area contributed by atoms with Crippen molar-refractivity contribution in [3.63, 3.8) is 0 Å². The van der Waals surface area contributed by atoms with E-state index in [-0.39, 0.29) is 23.3 Å². The molecule has 1 atom stereocenters. The third kappa shape index (κ3) is 6.87. The Morgan fingerprint density at radius 3 is 2.56 bits per heavy atom. The van der Waals surface area contributed by atoms with E-state index in [4.69, 9.17) is 14.2 Å². The Morgan fingerprint density at radius 2 is 1.80 bits per heavy atom. The molecule has 1 aliphatic carbocycles. The summed E-state index contributed by atoms with van der Waals surface area (Å²) in [6, 6.07) is 14.6. The molecular formula is C34H39N5O6. The molecule has 1 heterocycles. The molecule has 1 unspecified atom stereocenters. The summed E-state index contributed by atoms with van der Waals surface area (Å²) in [7, 11) is 4.69. The lowest BCUT2D eigenvalue weighted by molar-refractivity contribution is -0.121. The summed E-state index contributed by atoms with van der Waals surface area (Å²) in [6.07, 6.45) is 3.84. The highest BCUT2D eigenvalue weighted by atomic mass is 16.5. The maximum Gasteiger partial charge on any atom is 0.220 e. The number of nitrogens with one attached hydrogen (secondary N) is 3. The van der Waals surface area contributed by atoms with Gasteiger partial charge < -0.3 is 34.7 Å². The molecule has 3 N–H and O–H groups in total. The second-order valence-electron chi connectivity index (χ2n) is 10.9. The molecule has 11 nitrogen and oxygen atoms in total. The molecule has 0 spiro atoms. The number of hydrogen-bond acceptors (Lipinski definition) is 8. The average molecular weight is 614 g/mol. The van der Waals surface area contributed by atoms with Gasteiger partial charge in [0.2, 0.25) is 23.0 Å². The first-order valence-corrected chi connectivity index (χ1v) is 15.0. The monoisotopic (exact) mass is 613 g/mol. The smallest absolute Gasteiger partial charge is 0.220 e. The quantitative estimate of drug-likeness (QED) is 0.202. The van der Waals surface area contributed by atoms with Crippen LogP contribution < -0.4 is 35.6 Å². The first kappa shape index (κ1) is 31.4. The van der Waals surface area contributed by atoms with Crippen LogP contribution in [0.3, 0.4) is 0 Å². The molecule has 3 aromatic carbocycles. The molecule has 5 rings (SSSR count). The minimum Gasteiger partial charge on any atom is -0.493 e. The average Bonchev–Trinajstić information content (AvgIpc) is 3.30. The van der Waals surface area contributed by atoms with Gasteiger partial charge in [0.15, 0.2) is 11.5 Å². The first-order chi connectivity index (χ1) is 21.8. The van der Waals surface area contributed by atoms with Crippen molar-refractivity contribution < 1.29 is 23.8 Å². The molecule has 1 aromatic heterocycles. The van der Waals surface area contributed by atoms with Gasteiger partial charge in [0.25, 0.3) is 0 Å². The van der Waals surface area contributed by atoms with Crippen molar-refractivity contribution in [2.45, 2.75) is 45.2 Å². The van der Waals surface area contributed by atoms with Gasteiger partial charge in [0.1, 0.15) is 0 Å². The summed E-state index contributed by atoms with van der Waals surface area (Å²) in [5, 5.41) is 9.18. The summed E-state index contributed by atoms with van der Waals surface area (Å²) >= 11 is 0. The van der Waals surface area contributed by atoms with Crippen LogP contribution in [0.4, 0.5) is 5.69 Å². The second kappa shape index (κ2) is 14.1. The number of benzene rings is 2. The van der Waals surface area contributed by atoms with Crippen LogP contribution in [0, 0.1) is 0 Å². The normalized spacial score (nSPS) is 13.6. The number of carbonyl (C=O) groups excluding carboxylic acids is 2. The van der Waals surface area contributed by atoms with E-state index in [2.05, 4.69) is 20.9 Å². The maximum absolute atomic E-state index is 13.5. The highest BCUT2D eigenvalue weighted by Crippen LogP contribution is 2.50. The standard InChI is InChI=1S/C34H39N5O6/c1-21(40)38-25-13-11-22-18-30(43-2)33(44-3)34(45-4)32(22)23-12-14-27(29(41)19-24(23)25)35-15-7-10-31(42)36-16-17-39-20-37-26-8-5-6-9-28(26)39/h5-6,8-9,12,14,18-20,25H,7,10-11,13,15-17H2,1-4H3,(H,35,41)(H,36,42)(H,38,40). The van der Waals surface area contributed by atoms with Crippen molar-refractivity contribution in [1.82, 2.24) is 20.2 Å². The zero-order valence-corrected chi connectivity index (χ0v) is 26.1. The molecule has 0 bridgehead atoms. The zero-order chi connectivity index (χ0) is 31.9. The predicted octanol–water partition coefficient (Wildman–Crippen LogP) is 4.22. The van der Waals surface area contributed by atoms with Crippen molar-refractivity contribution in [3.8, 4) is 28.4 Å². The first-order valence-electron chi connectivity index (χ1n) is 15.0. The number of aryl methyl sites for hydroxylation is 1. The van der Waals surface area contributed by atoms with E-state index in [1.54, 1.807) is 39.8 Å². The fourth-order valence-electron chi connectivity index (χ4n) is 5.92. The summed E-state index contributed by atoms with van der Waals surface area (Å²) in [5.74, 6) is 1.25. The molecule has 11 heteroatoms. The number of aromatic nitrogens is 2. The zero-order valence-electron chi connectivity index (χ0n) is 26.1. The Morgan fingerprint density at radius 1 is 1.00 bits per heavy atom. The second-order valence-corrected chi connectivity index (χ2v) is 10.9. The minimum atomic E-state index is -0.386. The van der Waals surface area contributed by atoms with E-state index in [0.29, 0.717) is 73.8 Å². The van der Waals surface area contributed by atoms with Crippen LogP contribution in [-0.2, 0) is 22.6 Å². The van der Waals surface area contributed by atoms with Crippen molar-refractivity contribution in [1.29, 1.82) is 0 Å². The van der Waals surface area contributed by atoms with Gasteiger partial charge in [0.05, 0.1) is 50.4 Å². The van der Waals surface area contributed by atoms with Crippen LogP contribution in [0.25, 0.3) is 22.2 Å².